The zero-order chi connectivity index (χ0) is 7.98. The molecule has 0 rings (SSSR count). The van der Waals surface area contributed by atoms with E-state index in [0.717, 1.165) is 6.42 Å². The van der Waals surface area contributed by atoms with E-state index in [1.165, 1.54) is 0 Å². The number of hydrogen-bond acceptors (Lipinski definition) is 3. The van der Waals surface area contributed by atoms with Crippen molar-refractivity contribution in [1.82, 2.24) is 5.48 Å². The van der Waals surface area contributed by atoms with Crippen LogP contribution in [0, 0.1) is 5.92 Å². The summed E-state index contributed by atoms with van der Waals surface area (Å²) in [5.74, 6) is -0.176. The number of carbonyl (C=O) groups is 1. The Labute approximate surface area is 60.4 Å². The molecule has 0 aliphatic heterocycles. The fourth-order valence-electron chi connectivity index (χ4n) is 0.702. The maximum Gasteiger partial charge on any atom is 0.243 e. The highest BCUT2D eigenvalue weighted by molar-refractivity contribution is 5.74. The maximum absolute atomic E-state index is 10.5. The van der Waals surface area contributed by atoms with Crippen LogP contribution in [0.4, 0.5) is 0 Å². The van der Waals surface area contributed by atoms with E-state index in [1.807, 2.05) is 6.92 Å². The van der Waals surface area contributed by atoms with Crippen molar-refractivity contribution in [2.45, 2.75) is 19.8 Å². The van der Waals surface area contributed by atoms with E-state index in [4.69, 9.17) is 10.9 Å². The van der Waals surface area contributed by atoms with Gasteiger partial charge in [-0.05, 0) is 12.5 Å². The summed E-state index contributed by atoms with van der Waals surface area (Å²) in [5, 5.41) is 8.13. The van der Waals surface area contributed by atoms with Crippen LogP contribution >= 0.6 is 0 Å². The summed E-state index contributed by atoms with van der Waals surface area (Å²) in [6.07, 6.45) is 1.17. The third-order valence-corrected chi connectivity index (χ3v) is 1.51. The van der Waals surface area contributed by atoms with Crippen molar-refractivity contribution in [3.05, 3.63) is 0 Å². The predicted octanol–water partition coefficient (Wildman–Crippen LogP) is -0.133. The van der Waals surface area contributed by atoms with Crippen LogP contribution in [0.25, 0.3) is 0 Å². The Hall–Kier alpha value is -0.610. The van der Waals surface area contributed by atoms with E-state index in [-0.39, 0.29) is 11.8 Å². The summed E-state index contributed by atoms with van der Waals surface area (Å²) in [4.78, 5) is 10.5. The average Bonchev–Trinajstić information content (AvgIpc) is 1.99. The molecule has 4 N–H and O–H groups in total. The lowest BCUT2D eigenvalue weighted by molar-refractivity contribution is -0.130. The van der Waals surface area contributed by atoms with E-state index in [0.29, 0.717) is 13.0 Å². The summed E-state index contributed by atoms with van der Waals surface area (Å²) in [5.41, 5.74) is 6.89. The van der Waals surface area contributed by atoms with Gasteiger partial charge in [-0.2, -0.15) is 0 Å². The number of hydrogen-bond donors (Lipinski definition) is 3. The Kier molecular flexibility index (Phi) is 4.88. The summed E-state index contributed by atoms with van der Waals surface area (Å²) in [6.45, 7) is 2.45. The van der Waals surface area contributed by atoms with Crippen LogP contribution in [0.15, 0.2) is 0 Å². The van der Waals surface area contributed by atoms with Gasteiger partial charge in [0.1, 0.15) is 0 Å². The Morgan fingerprint density at radius 3 is 2.70 bits per heavy atom. The molecule has 1 atom stereocenters. The van der Waals surface area contributed by atoms with E-state index >= 15 is 0 Å². The Morgan fingerprint density at radius 2 is 2.40 bits per heavy atom. The van der Waals surface area contributed by atoms with Crippen LogP contribution in [-0.4, -0.2) is 17.7 Å². The van der Waals surface area contributed by atoms with Crippen molar-refractivity contribution in [3.8, 4) is 0 Å². The number of nitrogens with one attached hydrogen (secondary N) is 1. The van der Waals surface area contributed by atoms with E-state index < -0.39 is 0 Å². The lowest BCUT2D eigenvalue weighted by Crippen LogP contribution is -2.25. The van der Waals surface area contributed by atoms with Crippen LogP contribution in [0.3, 0.4) is 0 Å². The molecule has 0 fully saturated rings. The highest BCUT2D eigenvalue weighted by Gasteiger charge is 2.08. The number of nitrogens with two attached hydrogens (primary N) is 1. The lowest BCUT2D eigenvalue weighted by Gasteiger charge is -2.08. The minimum Gasteiger partial charge on any atom is -0.330 e. The van der Waals surface area contributed by atoms with Crippen LogP contribution in [0.1, 0.15) is 19.8 Å². The molecule has 0 saturated heterocycles. The monoisotopic (exact) mass is 146 g/mol. The van der Waals surface area contributed by atoms with Crippen molar-refractivity contribution < 1.29 is 10.0 Å². The molecule has 10 heavy (non-hydrogen) atoms. The fourth-order valence-corrected chi connectivity index (χ4v) is 0.702. The minimum absolute atomic E-state index is 0.187. The molecule has 1 unspecified atom stereocenters. The first-order valence-corrected chi connectivity index (χ1v) is 3.37. The molecule has 0 bridgehead atoms. The second-order valence-electron chi connectivity index (χ2n) is 2.25. The van der Waals surface area contributed by atoms with E-state index in [1.54, 1.807) is 5.48 Å². The molecule has 0 aliphatic rings. The quantitative estimate of drug-likeness (QED) is 0.382. The van der Waals surface area contributed by atoms with Gasteiger partial charge in [-0.3, -0.25) is 10.0 Å². The topological polar surface area (TPSA) is 75.4 Å². The first-order valence-electron chi connectivity index (χ1n) is 3.37. The molecule has 60 valence electrons. The molecule has 0 aromatic heterocycles. The van der Waals surface area contributed by atoms with E-state index in [9.17, 15) is 4.79 Å². The highest BCUT2D eigenvalue weighted by Crippen LogP contribution is 2.04. The molecule has 0 spiro atoms. The molecule has 0 aliphatic carbocycles. The molecule has 0 aromatic carbocycles. The van der Waals surface area contributed by atoms with Crippen molar-refractivity contribution >= 4 is 5.91 Å². The van der Waals surface area contributed by atoms with Gasteiger partial charge >= 0.3 is 0 Å². The molecule has 0 radical (unpaired) electrons. The Bertz CT molecular complexity index is 102. The summed E-state index contributed by atoms with van der Waals surface area (Å²) < 4.78 is 0. The second kappa shape index (κ2) is 5.20. The summed E-state index contributed by atoms with van der Waals surface area (Å²) in [7, 11) is 0. The summed E-state index contributed by atoms with van der Waals surface area (Å²) >= 11 is 0. The molecule has 0 heterocycles. The predicted molar refractivity (Wildman–Crippen MR) is 37.4 cm³/mol. The van der Waals surface area contributed by atoms with Gasteiger partial charge < -0.3 is 5.73 Å². The van der Waals surface area contributed by atoms with Crippen molar-refractivity contribution in [1.29, 1.82) is 0 Å². The number of amides is 1. The number of hydroxylamine groups is 1. The Balaban J connectivity index is 3.52. The van der Waals surface area contributed by atoms with Gasteiger partial charge in [0, 0.05) is 6.42 Å². The van der Waals surface area contributed by atoms with Crippen molar-refractivity contribution in [2.24, 2.45) is 11.7 Å². The average molecular weight is 146 g/mol. The largest absolute Gasteiger partial charge is 0.330 e. The maximum atomic E-state index is 10.5. The first kappa shape index (κ1) is 9.39. The molecule has 1 amide bonds. The fraction of sp³-hybridized carbons (Fsp3) is 0.833. The minimum atomic E-state index is -0.364. The van der Waals surface area contributed by atoms with Gasteiger partial charge in [-0.25, -0.2) is 5.48 Å². The van der Waals surface area contributed by atoms with Crippen LogP contribution in [0.2, 0.25) is 0 Å². The van der Waals surface area contributed by atoms with Crippen molar-refractivity contribution in [3.63, 3.8) is 0 Å². The molecule has 0 aromatic rings. The molecule has 4 heteroatoms. The number of carbonyl (C=O) groups excluding carboxylic acids is 1. The Morgan fingerprint density at radius 1 is 1.80 bits per heavy atom. The third kappa shape index (κ3) is 3.42. The molecule has 0 saturated carbocycles. The van der Waals surface area contributed by atoms with Crippen molar-refractivity contribution in [2.75, 3.05) is 6.54 Å². The molecule has 4 nitrogen and oxygen atoms in total. The van der Waals surface area contributed by atoms with Gasteiger partial charge in [-0.15, -0.1) is 0 Å². The number of rotatable bonds is 4. The van der Waals surface area contributed by atoms with Crippen LogP contribution < -0.4 is 11.2 Å². The van der Waals surface area contributed by atoms with Gasteiger partial charge in [0.15, 0.2) is 0 Å². The molecular formula is C6H14N2O2. The van der Waals surface area contributed by atoms with E-state index in [2.05, 4.69) is 0 Å². The van der Waals surface area contributed by atoms with Gasteiger partial charge in [0.25, 0.3) is 0 Å². The van der Waals surface area contributed by atoms with Crippen LogP contribution in [-0.2, 0) is 4.79 Å². The standard InChI is InChI=1S/C6H14N2O2/c1-2-5(4-7)3-6(9)8-10/h5,10H,2-4,7H2,1H3,(H,8,9). The lowest BCUT2D eigenvalue weighted by atomic mass is 10.0. The van der Waals surface area contributed by atoms with Gasteiger partial charge in [0.05, 0.1) is 0 Å². The van der Waals surface area contributed by atoms with Crippen LogP contribution in [0.5, 0.6) is 0 Å². The smallest absolute Gasteiger partial charge is 0.243 e. The zero-order valence-corrected chi connectivity index (χ0v) is 6.13. The SMILES string of the molecule is CCC(CN)CC(=O)NO. The first-order chi connectivity index (χ1) is 4.74. The highest BCUT2D eigenvalue weighted by atomic mass is 16.5. The second-order valence-corrected chi connectivity index (χ2v) is 2.25. The van der Waals surface area contributed by atoms with Gasteiger partial charge in [-0.1, -0.05) is 13.3 Å². The third-order valence-electron chi connectivity index (χ3n) is 1.51. The molecular weight excluding hydrogens is 132 g/mol. The normalized spacial score (nSPS) is 12.7. The zero-order valence-electron chi connectivity index (χ0n) is 6.13. The summed E-state index contributed by atoms with van der Waals surface area (Å²) in [6, 6.07) is 0. The van der Waals surface area contributed by atoms with Gasteiger partial charge in [0.2, 0.25) is 5.91 Å².